The second-order valence-electron chi connectivity index (χ2n) is 8.56. The Morgan fingerprint density at radius 2 is 1.88 bits per heavy atom. The van der Waals surface area contributed by atoms with Gasteiger partial charge >= 0.3 is 5.97 Å². The van der Waals surface area contributed by atoms with Gasteiger partial charge in [-0.2, -0.15) is 5.10 Å². The zero-order chi connectivity index (χ0) is 25.6. The fourth-order valence-electron chi connectivity index (χ4n) is 3.92. The van der Waals surface area contributed by atoms with Crippen molar-refractivity contribution in [1.29, 1.82) is 0 Å². The molecule has 5 N–H and O–H groups in total. The zero-order valence-electron chi connectivity index (χ0n) is 18.4. The molecule has 0 bridgehead atoms. The maximum Gasteiger partial charge on any atom is 0.328 e. The molecule has 3 amide bonds. The Hall–Kier alpha value is -3.68. The molecular formula is C20H24N4O9S. The van der Waals surface area contributed by atoms with Gasteiger partial charge in [-0.3, -0.25) is 14.4 Å². The van der Waals surface area contributed by atoms with E-state index in [1.165, 1.54) is 6.07 Å². The standard InChI is InChI=1S/C20H24N4O9S/c1-9(2)15(22-17(28)10-4-5-11(25)12(26)6-10)18(29)23-21-8-20(3)16(19(30)31)24-13(27)7-14(24)34(20,32)33/h4-6,8-9,14-16,25-26H,7H2,1-3H3,(H,22,28)(H,23,29)(H,30,31)/b21-8+/t14-,15+,16+,20+/m1/s1. The van der Waals surface area contributed by atoms with Crippen molar-refractivity contribution in [2.45, 2.75) is 49.4 Å². The van der Waals surface area contributed by atoms with Gasteiger partial charge in [0, 0.05) is 11.8 Å². The molecule has 14 heteroatoms. The number of carboxylic acid groups (broad SMARTS) is 1. The molecule has 2 aliphatic rings. The molecule has 1 aromatic rings. The Morgan fingerprint density at radius 3 is 2.41 bits per heavy atom. The highest BCUT2D eigenvalue weighted by atomic mass is 32.2. The topological polar surface area (TPSA) is 203 Å². The number of benzene rings is 1. The monoisotopic (exact) mass is 496 g/mol. The van der Waals surface area contributed by atoms with Crippen LogP contribution in [0.2, 0.25) is 0 Å². The molecule has 34 heavy (non-hydrogen) atoms. The number of hydrazone groups is 1. The number of β-lactam (4-membered cyclic amide) rings is 1. The number of phenolic OH excluding ortho intramolecular Hbond substituents is 2. The third-order valence-corrected chi connectivity index (χ3v) is 8.61. The molecule has 4 atom stereocenters. The van der Waals surface area contributed by atoms with Crippen molar-refractivity contribution in [1.82, 2.24) is 15.6 Å². The summed E-state index contributed by atoms with van der Waals surface area (Å²) in [5.41, 5.74) is 2.09. The number of sulfone groups is 1. The Bertz CT molecular complexity index is 1200. The molecule has 1 aromatic carbocycles. The van der Waals surface area contributed by atoms with Crippen molar-refractivity contribution < 1.29 is 42.9 Å². The van der Waals surface area contributed by atoms with Crippen molar-refractivity contribution in [2.24, 2.45) is 11.0 Å². The van der Waals surface area contributed by atoms with E-state index >= 15 is 0 Å². The van der Waals surface area contributed by atoms with Gasteiger partial charge in [0.25, 0.3) is 11.8 Å². The van der Waals surface area contributed by atoms with Crippen LogP contribution >= 0.6 is 0 Å². The van der Waals surface area contributed by atoms with E-state index < -0.39 is 73.1 Å². The molecule has 0 spiro atoms. The van der Waals surface area contributed by atoms with Crippen LogP contribution < -0.4 is 10.7 Å². The number of aliphatic carboxylic acids is 1. The summed E-state index contributed by atoms with van der Waals surface area (Å²) in [6.45, 7) is 4.37. The SMILES string of the molecule is CC(C)[C@H](NC(=O)c1ccc(O)c(O)c1)C(=O)N/N=C/[C@@]1(C)[C@H](C(=O)O)N2C(=O)C[C@H]2S1(=O)=O. The van der Waals surface area contributed by atoms with E-state index in [4.69, 9.17) is 0 Å². The van der Waals surface area contributed by atoms with Gasteiger partial charge in [0.05, 0.1) is 6.42 Å². The number of amides is 3. The summed E-state index contributed by atoms with van der Waals surface area (Å²) < 4.78 is 23.6. The molecule has 0 radical (unpaired) electrons. The summed E-state index contributed by atoms with van der Waals surface area (Å²) in [5.74, 6) is -5.06. The molecule has 0 aliphatic carbocycles. The van der Waals surface area contributed by atoms with Crippen LogP contribution in [0.5, 0.6) is 11.5 Å². The molecule has 3 rings (SSSR count). The minimum Gasteiger partial charge on any atom is -0.504 e. The maximum absolute atomic E-state index is 12.9. The summed E-state index contributed by atoms with van der Waals surface area (Å²) in [6.07, 6.45) is 0.456. The predicted molar refractivity (Wildman–Crippen MR) is 116 cm³/mol. The van der Waals surface area contributed by atoms with Crippen LogP contribution in [0.25, 0.3) is 0 Å². The van der Waals surface area contributed by atoms with Crippen LogP contribution in [0.3, 0.4) is 0 Å². The van der Waals surface area contributed by atoms with Gasteiger partial charge in [-0.15, -0.1) is 0 Å². The second kappa shape index (κ2) is 8.59. The quantitative estimate of drug-likeness (QED) is 0.138. The van der Waals surface area contributed by atoms with Gasteiger partial charge in [0.1, 0.15) is 16.2 Å². The molecule has 0 unspecified atom stereocenters. The number of carboxylic acids is 1. The van der Waals surface area contributed by atoms with Gasteiger partial charge in [-0.25, -0.2) is 18.6 Å². The molecule has 0 aromatic heterocycles. The fourth-order valence-corrected chi connectivity index (χ4v) is 6.13. The van der Waals surface area contributed by atoms with Gasteiger partial charge in [-0.1, -0.05) is 13.8 Å². The van der Waals surface area contributed by atoms with E-state index in [1.807, 2.05) is 0 Å². The van der Waals surface area contributed by atoms with Crippen molar-refractivity contribution in [3.05, 3.63) is 23.8 Å². The van der Waals surface area contributed by atoms with Gasteiger partial charge < -0.3 is 25.5 Å². The molecule has 2 heterocycles. The lowest BCUT2D eigenvalue weighted by Gasteiger charge is -2.35. The minimum absolute atomic E-state index is 0.0275. The number of hydrogen-bond donors (Lipinski definition) is 5. The summed E-state index contributed by atoms with van der Waals surface area (Å²) in [7, 11) is -4.14. The molecule has 184 valence electrons. The second-order valence-corrected chi connectivity index (χ2v) is 11.1. The first-order valence-corrected chi connectivity index (χ1v) is 11.7. The first-order chi connectivity index (χ1) is 15.7. The number of carbonyl (C=O) groups excluding carboxylic acids is 3. The highest BCUT2D eigenvalue weighted by molar-refractivity contribution is 7.94. The maximum atomic E-state index is 12.9. The Morgan fingerprint density at radius 1 is 1.24 bits per heavy atom. The van der Waals surface area contributed by atoms with Crippen molar-refractivity contribution in [3.63, 3.8) is 0 Å². The van der Waals surface area contributed by atoms with Gasteiger partial charge in [0.15, 0.2) is 27.4 Å². The lowest BCUT2D eigenvalue weighted by molar-refractivity contribution is -0.156. The van der Waals surface area contributed by atoms with Crippen LogP contribution in [-0.4, -0.2) is 80.7 Å². The summed E-state index contributed by atoms with van der Waals surface area (Å²) >= 11 is 0. The number of phenols is 2. The van der Waals surface area contributed by atoms with Crippen LogP contribution in [0, 0.1) is 5.92 Å². The van der Waals surface area contributed by atoms with Crippen molar-refractivity contribution in [3.8, 4) is 11.5 Å². The highest BCUT2D eigenvalue weighted by Crippen LogP contribution is 2.45. The first kappa shape index (κ1) is 25.0. The summed E-state index contributed by atoms with van der Waals surface area (Å²) in [5, 5.41) is 33.3. The predicted octanol–water partition coefficient (Wildman–Crippen LogP) is -0.847. The van der Waals surface area contributed by atoms with Crippen LogP contribution in [0.15, 0.2) is 23.3 Å². The molecule has 0 saturated carbocycles. The number of aromatic hydroxyl groups is 2. The summed E-state index contributed by atoms with van der Waals surface area (Å²) in [4.78, 5) is 49.5. The van der Waals surface area contributed by atoms with Crippen LogP contribution in [-0.2, 0) is 24.2 Å². The Kier molecular flexibility index (Phi) is 6.30. The molecule has 2 fully saturated rings. The van der Waals surface area contributed by atoms with Crippen LogP contribution in [0.4, 0.5) is 0 Å². The smallest absolute Gasteiger partial charge is 0.328 e. The first-order valence-electron chi connectivity index (χ1n) is 10.2. The largest absolute Gasteiger partial charge is 0.504 e. The number of rotatable bonds is 7. The van der Waals surface area contributed by atoms with Gasteiger partial charge in [-0.05, 0) is 31.0 Å². The number of fused-ring (bicyclic) bond motifs is 1. The molecule has 2 saturated heterocycles. The Labute approximate surface area is 194 Å². The third kappa shape index (κ3) is 3.93. The fraction of sp³-hybridized carbons (Fsp3) is 0.450. The number of nitrogens with one attached hydrogen (secondary N) is 2. The van der Waals surface area contributed by atoms with Crippen LogP contribution in [0.1, 0.15) is 37.6 Å². The zero-order valence-corrected chi connectivity index (χ0v) is 19.2. The van der Waals surface area contributed by atoms with E-state index in [0.717, 1.165) is 30.2 Å². The average molecular weight is 496 g/mol. The lowest BCUT2D eigenvalue weighted by atomic mass is 9.97. The van der Waals surface area contributed by atoms with E-state index in [9.17, 15) is 42.9 Å². The highest BCUT2D eigenvalue weighted by Gasteiger charge is 2.69. The number of nitrogens with zero attached hydrogens (tertiary/aromatic N) is 2. The lowest BCUT2D eigenvalue weighted by Crippen LogP contribution is -2.57. The van der Waals surface area contributed by atoms with E-state index in [-0.39, 0.29) is 12.0 Å². The van der Waals surface area contributed by atoms with Crippen molar-refractivity contribution in [2.75, 3.05) is 0 Å². The number of hydrogen-bond acceptors (Lipinski definition) is 9. The summed E-state index contributed by atoms with van der Waals surface area (Å²) in [6, 6.07) is 0.521. The molecule has 13 nitrogen and oxygen atoms in total. The van der Waals surface area contributed by atoms with Gasteiger partial charge in [0.2, 0.25) is 5.91 Å². The van der Waals surface area contributed by atoms with E-state index in [1.54, 1.807) is 13.8 Å². The normalized spacial score (nSPS) is 26.1. The van der Waals surface area contributed by atoms with E-state index in [0.29, 0.717) is 0 Å². The third-order valence-electron chi connectivity index (χ3n) is 5.94. The average Bonchev–Trinajstić information content (AvgIpc) is 2.88. The molecular weight excluding hydrogens is 472 g/mol. The minimum atomic E-state index is -4.14. The number of carbonyl (C=O) groups is 4. The van der Waals surface area contributed by atoms with E-state index in [2.05, 4.69) is 15.8 Å². The van der Waals surface area contributed by atoms with Crippen molar-refractivity contribution >= 4 is 39.7 Å². The Balaban J connectivity index is 1.77. The molecule has 2 aliphatic heterocycles.